The minimum Gasteiger partial charge on any atom is -0.508 e. The molecule has 3 N–H and O–H groups in total. The van der Waals surface area contributed by atoms with Gasteiger partial charge in [0.1, 0.15) is 11.4 Å². The molecule has 0 saturated carbocycles. The number of phenolic OH excluding ortho intramolecular Hbond substituents is 1. The zero-order chi connectivity index (χ0) is 12.4. The van der Waals surface area contributed by atoms with Gasteiger partial charge in [0, 0.05) is 6.54 Å². The molecule has 2 rings (SSSR count). The van der Waals surface area contributed by atoms with Gasteiger partial charge in [-0.1, -0.05) is 19.1 Å². The summed E-state index contributed by atoms with van der Waals surface area (Å²) in [7, 11) is 0. The molecule has 1 aromatic carbocycles. The molecule has 0 bridgehead atoms. The molecule has 5 nitrogen and oxygen atoms in total. The molecular formula is C12H16N4O. The molecule has 5 heteroatoms. The molecule has 0 amide bonds. The standard InChI is InChI=1S/C12H16N4O/c1-8(2)12-11(7-13)14-15-16(12)9-3-5-10(17)6-4-9/h3-6,8,17H,7,13H2,1-2H3. The third kappa shape index (κ3) is 2.14. The summed E-state index contributed by atoms with van der Waals surface area (Å²) in [5.41, 5.74) is 8.35. The molecule has 0 aliphatic carbocycles. The number of hydrogen-bond donors (Lipinski definition) is 2. The highest BCUT2D eigenvalue weighted by Crippen LogP contribution is 2.22. The summed E-state index contributed by atoms with van der Waals surface area (Å²) < 4.78 is 1.77. The lowest BCUT2D eigenvalue weighted by Crippen LogP contribution is -2.07. The van der Waals surface area contributed by atoms with Crippen molar-refractivity contribution in [1.29, 1.82) is 0 Å². The van der Waals surface area contributed by atoms with Crippen LogP contribution in [0.5, 0.6) is 5.75 Å². The van der Waals surface area contributed by atoms with Crippen LogP contribution in [0.3, 0.4) is 0 Å². The zero-order valence-electron chi connectivity index (χ0n) is 9.96. The van der Waals surface area contributed by atoms with Crippen molar-refractivity contribution in [2.75, 3.05) is 0 Å². The summed E-state index contributed by atoms with van der Waals surface area (Å²) in [5.74, 6) is 0.524. The summed E-state index contributed by atoms with van der Waals surface area (Å²) in [6.45, 7) is 4.54. The predicted molar refractivity (Wildman–Crippen MR) is 65.0 cm³/mol. The van der Waals surface area contributed by atoms with Gasteiger partial charge in [0.2, 0.25) is 0 Å². The van der Waals surface area contributed by atoms with Crippen LogP contribution in [0.1, 0.15) is 31.2 Å². The molecule has 0 unspecified atom stereocenters. The molecule has 1 aromatic heterocycles. The van der Waals surface area contributed by atoms with Crippen molar-refractivity contribution in [2.45, 2.75) is 26.3 Å². The van der Waals surface area contributed by atoms with E-state index in [0.717, 1.165) is 17.1 Å². The van der Waals surface area contributed by atoms with E-state index < -0.39 is 0 Å². The van der Waals surface area contributed by atoms with Crippen LogP contribution in [-0.2, 0) is 6.54 Å². The van der Waals surface area contributed by atoms with E-state index in [1.165, 1.54) is 0 Å². The molecule has 1 heterocycles. The van der Waals surface area contributed by atoms with Gasteiger partial charge in [0.25, 0.3) is 0 Å². The van der Waals surface area contributed by atoms with Gasteiger partial charge in [-0.15, -0.1) is 5.10 Å². The van der Waals surface area contributed by atoms with Crippen LogP contribution in [0.25, 0.3) is 5.69 Å². The van der Waals surface area contributed by atoms with Gasteiger partial charge < -0.3 is 10.8 Å². The van der Waals surface area contributed by atoms with Crippen molar-refractivity contribution >= 4 is 0 Å². The highest BCUT2D eigenvalue weighted by Gasteiger charge is 2.15. The summed E-state index contributed by atoms with van der Waals surface area (Å²) >= 11 is 0. The minimum absolute atomic E-state index is 0.235. The van der Waals surface area contributed by atoms with Gasteiger partial charge in [-0.05, 0) is 30.2 Å². The van der Waals surface area contributed by atoms with Crippen molar-refractivity contribution in [3.05, 3.63) is 35.7 Å². The Bertz CT molecular complexity index is 502. The van der Waals surface area contributed by atoms with E-state index in [1.54, 1.807) is 28.9 Å². The average molecular weight is 232 g/mol. The lowest BCUT2D eigenvalue weighted by Gasteiger charge is -2.10. The normalized spacial score (nSPS) is 11.1. The van der Waals surface area contributed by atoms with Gasteiger partial charge in [-0.2, -0.15) is 0 Å². The Labute approximate surface area is 99.9 Å². The van der Waals surface area contributed by atoms with Crippen molar-refractivity contribution in [1.82, 2.24) is 15.0 Å². The SMILES string of the molecule is CC(C)c1c(CN)nnn1-c1ccc(O)cc1. The lowest BCUT2D eigenvalue weighted by molar-refractivity contribution is 0.475. The molecule has 17 heavy (non-hydrogen) atoms. The van der Waals surface area contributed by atoms with Crippen LogP contribution in [0.4, 0.5) is 0 Å². The van der Waals surface area contributed by atoms with Crippen molar-refractivity contribution in [3.63, 3.8) is 0 Å². The van der Waals surface area contributed by atoms with Crippen LogP contribution >= 0.6 is 0 Å². The highest BCUT2D eigenvalue weighted by molar-refractivity contribution is 5.38. The number of aromatic nitrogens is 3. The molecular weight excluding hydrogens is 216 g/mol. The van der Waals surface area contributed by atoms with Crippen LogP contribution in [0, 0.1) is 0 Å². The summed E-state index contributed by atoms with van der Waals surface area (Å²) in [6.07, 6.45) is 0. The maximum Gasteiger partial charge on any atom is 0.115 e. The van der Waals surface area contributed by atoms with Crippen LogP contribution < -0.4 is 5.73 Å². The van der Waals surface area contributed by atoms with Crippen molar-refractivity contribution in [2.24, 2.45) is 5.73 Å². The second-order valence-electron chi connectivity index (χ2n) is 4.21. The monoisotopic (exact) mass is 232 g/mol. The minimum atomic E-state index is 0.235. The Balaban J connectivity index is 2.51. The molecule has 90 valence electrons. The summed E-state index contributed by atoms with van der Waals surface area (Å²) in [6, 6.07) is 6.86. The third-order valence-electron chi connectivity index (χ3n) is 2.61. The second kappa shape index (κ2) is 4.55. The van der Waals surface area contributed by atoms with E-state index in [2.05, 4.69) is 24.2 Å². The Morgan fingerprint density at radius 1 is 1.29 bits per heavy atom. The third-order valence-corrected chi connectivity index (χ3v) is 2.61. The fraction of sp³-hybridized carbons (Fsp3) is 0.333. The van der Waals surface area contributed by atoms with Gasteiger partial charge >= 0.3 is 0 Å². The Morgan fingerprint density at radius 3 is 2.47 bits per heavy atom. The lowest BCUT2D eigenvalue weighted by atomic mass is 10.1. The molecule has 0 aliphatic heterocycles. The molecule has 2 aromatic rings. The number of rotatable bonds is 3. The molecule has 0 saturated heterocycles. The van der Waals surface area contributed by atoms with Gasteiger partial charge in [0.05, 0.1) is 11.4 Å². The first-order valence-corrected chi connectivity index (χ1v) is 5.57. The molecule has 0 atom stereocenters. The smallest absolute Gasteiger partial charge is 0.115 e. The van der Waals surface area contributed by atoms with E-state index in [-0.39, 0.29) is 11.7 Å². The van der Waals surface area contributed by atoms with E-state index in [4.69, 9.17) is 5.73 Å². The van der Waals surface area contributed by atoms with Gasteiger partial charge in [0.15, 0.2) is 0 Å². The fourth-order valence-electron chi connectivity index (χ4n) is 1.83. The highest BCUT2D eigenvalue weighted by atomic mass is 16.3. The first-order valence-electron chi connectivity index (χ1n) is 5.57. The van der Waals surface area contributed by atoms with Crippen LogP contribution in [-0.4, -0.2) is 20.1 Å². The van der Waals surface area contributed by atoms with E-state index in [9.17, 15) is 5.11 Å². The fourth-order valence-corrected chi connectivity index (χ4v) is 1.83. The maximum atomic E-state index is 9.27. The van der Waals surface area contributed by atoms with E-state index in [1.807, 2.05) is 0 Å². The van der Waals surface area contributed by atoms with Gasteiger partial charge in [-0.25, -0.2) is 4.68 Å². The Hall–Kier alpha value is -1.88. The number of nitrogens with two attached hydrogens (primary N) is 1. The van der Waals surface area contributed by atoms with Crippen LogP contribution in [0.15, 0.2) is 24.3 Å². The van der Waals surface area contributed by atoms with Crippen molar-refractivity contribution in [3.8, 4) is 11.4 Å². The average Bonchev–Trinajstić information content (AvgIpc) is 2.73. The largest absolute Gasteiger partial charge is 0.508 e. The van der Waals surface area contributed by atoms with E-state index >= 15 is 0 Å². The second-order valence-corrected chi connectivity index (χ2v) is 4.21. The number of nitrogens with zero attached hydrogens (tertiary/aromatic N) is 3. The first kappa shape index (κ1) is 11.6. The zero-order valence-corrected chi connectivity index (χ0v) is 9.96. The molecule has 0 radical (unpaired) electrons. The topological polar surface area (TPSA) is 77.0 Å². The predicted octanol–water partition coefficient (Wildman–Crippen LogP) is 1.55. The maximum absolute atomic E-state index is 9.27. The Kier molecular flexibility index (Phi) is 3.10. The van der Waals surface area contributed by atoms with Crippen LogP contribution in [0.2, 0.25) is 0 Å². The van der Waals surface area contributed by atoms with Crippen molar-refractivity contribution < 1.29 is 5.11 Å². The first-order chi connectivity index (χ1) is 8.13. The molecule has 0 aliphatic rings. The molecule has 0 spiro atoms. The van der Waals surface area contributed by atoms with Gasteiger partial charge in [-0.3, -0.25) is 0 Å². The number of phenols is 1. The van der Waals surface area contributed by atoms with E-state index in [0.29, 0.717) is 6.54 Å². The number of aromatic hydroxyl groups is 1. The number of benzene rings is 1. The quantitative estimate of drug-likeness (QED) is 0.841. The Morgan fingerprint density at radius 2 is 1.94 bits per heavy atom. The summed E-state index contributed by atoms with van der Waals surface area (Å²) in [4.78, 5) is 0. The summed E-state index contributed by atoms with van der Waals surface area (Å²) in [5, 5.41) is 17.5. The number of hydrogen-bond acceptors (Lipinski definition) is 4. The molecule has 0 fully saturated rings.